The summed E-state index contributed by atoms with van der Waals surface area (Å²) >= 11 is 0. The van der Waals surface area contributed by atoms with E-state index < -0.39 is 4.92 Å². The summed E-state index contributed by atoms with van der Waals surface area (Å²) in [6, 6.07) is 17.6. The molecule has 0 N–H and O–H groups in total. The molecule has 0 saturated carbocycles. The summed E-state index contributed by atoms with van der Waals surface area (Å²) < 4.78 is 5.77. The van der Waals surface area contributed by atoms with Crippen molar-refractivity contribution in [2.45, 2.75) is 0 Å². The Kier molecular flexibility index (Phi) is 3.99. The summed E-state index contributed by atoms with van der Waals surface area (Å²) in [5.41, 5.74) is 3.25. The zero-order valence-corrected chi connectivity index (χ0v) is 13.6. The van der Waals surface area contributed by atoms with E-state index in [-0.39, 0.29) is 5.69 Å². The number of fused-ring (bicyclic) bond motifs is 1. The highest BCUT2D eigenvalue weighted by Gasteiger charge is 2.07. The maximum atomic E-state index is 10.7. The number of nitro benzene ring substituents is 1. The number of para-hydroxylation sites is 2. The van der Waals surface area contributed by atoms with Crippen molar-refractivity contribution in [3.63, 3.8) is 0 Å². The van der Waals surface area contributed by atoms with Gasteiger partial charge >= 0.3 is 0 Å². The predicted molar refractivity (Wildman–Crippen MR) is 99.3 cm³/mol. The highest BCUT2D eigenvalue weighted by Crippen LogP contribution is 2.25. The van der Waals surface area contributed by atoms with Gasteiger partial charge in [0.15, 0.2) is 0 Å². The molecule has 2 aromatic heterocycles. The van der Waals surface area contributed by atoms with E-state index in [1.54, 1.807) is 18.3 Å². The number of benzene rings is 2. The number of non-ortho nitro benzene ring substituents is 1. The average molecular weight is 343 g/mol. The number of hydrogen-bond donors (Lipinski definition) is 0. The molecule has 4 rings (SSSR count). The summed E-state index contributed by atoms with van der Waals surface area (Å²) in [4.78, 5) is 19.2. The highest BCUT2D eigenvalue weighted by molar-refractivity contribution is 5.76. The van der Waals surface area contributed by atoms with Crippen LogP contribution in [0, 0.1) is 10.1 Å². The Hall–Kier alpha value is -3.80. The summed E-state index contributed by atoms with van der Waals surface area (Å²) in [7, 11) is 0. The first-order valence-corrected chi connectivity index (χ1v) is 7.93. The molecule has 0 aliphatic carbocycles. The second-order valence-electron chi connectivity index (χ2n) is 5.62. The minimum absolute atomic E-state index is 0.0512. The molecule has 0 radical (unpaired) electrons. The smallest absolute Gasteiger partial charge is 0.269 e. The van der Waals surface area contributed by atoms with Crippen LogP contribution in [0.3, 0.4) is 0 Å². The zero-order valence-electron chi connectivity index (χ0n) is 13.6. The van der Waals surface area contributed by atoms with Crippen molar-refractivity contribution in [1.82, 2.24) is 9.97 Å². The second-order valence-corrected chi connectivity index (χ2v) is 5.62. The Labute approximate surface area is 148 Å². The number of aromatic nitrogens is 2. The van der Waals surface area contributed by atoms with Crippen LogP contribution < -0.4 is 0 Å². The maximum absolute atomic E-state index is 10.7. The fourth-order valence-electron chi connectivity index (χ4n) is 2.56. The molecular formula is C20H13N3O3. The number of hydrogen-bond acceptors (Lipinski definition) is 5. The van der Waals surface area contributed by atoms with Gasteiger partial charge in [-0.15, -0.1) is 0 Å². The minimum atomic E-state index is -0.426. The zero-order chi connectivity index (χ0) is 17.9. The standard InChI is InChI=1S/C20H13N3O3/c24-23(25)16-8-5-14(6-9-16)20-12-11-17(26-20)10-7-15-13-21-18-3-1-2-4-19(18)22-15/h1-13H/b10-7+. The normalized spacial score (nSPS) is 11.2. The lowest BCUT2D eigenvalue weighted by Crippen LogP contribution is -1.86. The molecule has 0 unspecified atom stereocenters. The van der Waals surface area contributed by atoms with Crippen LogP contribution in [-0.2, 0) is 0 Å². The van der Waals surface area contributed by atoms with Crippen molar-refractivity contribution < 1.29 is 9.34 Å². The van der Waals surface area contributed by atoms with Crippen molar-refractivity contribution in [1.29, 1.82) is 0 Å². The first-order chi connectivity index (χ1) is 12.7. The fourth-order valence-corrected chi connectivity index (χ4v) is 2.56. The van der Waals surface area contributed by atoms with Gasteiger partial charge in [-0.05, 0) is 48.6 Å². The molecule has 0 spiro atoms. The number of furan rings is 1. The van der Waals surface area contributed by atoms with Crippen LogP contribution in [0.4, 0.5) is 5.69 Å². The molecule has 6 nitrogen and oxygen atoms in total. The molecule has 0 aliphatic rings. The van der Waals surface area contributed by atoms with E-state index in [2.05, 4.69) is 9.97 Å². The summed E-state index contributed by atoms with van der Waals surface area (Å²) in [5.74, 6) is 1.30. The molecule has 0 saturated heterocycles. The quantitative estimate of drug-likeness (QED) is 0.386. The lowest BCUT2D eigenvalue weighted by molar-refractivity contribution is -0.384. The molecule has 4 aromatic rings. The van der Waals surface area contributed by atoms with Crippen LogP contribution in [0.25, 0.3) is 34.5 Å². The van der Waals surface area contributed by atoms with E-state index in [1.807, 2.05) is 48.6 Å². The molecule has 2 aromatic carbocycles. The Morgan fingerprint density at radius 2 is 1.69 bits per heavy atom. The molecule has 126 valence electrons. The number of nitro groups is 1. The maximum Gasteiger partial charge on any atom is 0.269 e. The minimum Gasteiger partial charge on any atom is -0.457 e. The van der Waals surface area contributed by atoms with Gasteiger partial charge < -0.3 is 4.42 Å². The highest BCUT2D eigenvalue weighted by atomic mass is 16.6. The van der Waals surface area contributed by atoms with Crippen molar-refractivity contribution >= 4 is 28.9 Å². The van der Waals surface area contributed by atoms with Gasteiger partial charge in [-0.25, -0.2) is 4.98 Å². The predicted octanol–water partition coefficient (Wildman–Crippen LogP) is 4.97. The molecule has 0 bridgehead atoms. The van der Waals surface area contributed by atoms with E-state index in [0.29, 0.717) is 11.5 Å². The summed E-state index contributed by atoms with van der Waals surface area (Å²) in [6.45, 7) is 0. The third-order valence-corrected chi connectivity index (χ3v) is 3.87. The SMILES string of the molecule is O=[N+]([O-])c1ccc(-c2ccc(/C=C/c3cnc4ccccc4n3)o2)cc1. The van der Waals surface area contributed by atoms with Crippen LogP contribution in [0.15, 0.2) is 71.3 Å². The Morgan fingerprint density at radius 3 is 2.46 bits per heavy atom. The van der Waals surface area contributed by atoms with Crippen LogP contribution in [0.2, 0.25) is 0 Å². The van der Waals surface area contributed by atoms with Crippen LogP contribution >= 0.6 is 0 Å². The van der Waals surface area contributed by atoms with E-state index in [0.717, 1.165) is 22.3 Å². The largest absolute Gasteiger partial charge is 0.457 e. The Balaban J connectivity index is 1.55. The molecule has 0 amide bonds. The third kappa shape index (κ3) is 3.21. The van der Waals surface area contributed by atoms with Gasteiger partial charge in [0, 0.05) is 17.7 Å². The Morgan fingerprint density at radius 1 is 0.923 bits per heavy atom. The van der Waals surface area contributed by atoms with E-state index in [4.69, 9.17) is 4.42 Å². The molecule has 26 heavy (non-hydrogen) atoms. The average Bonchev–Trinajstić information content (AvgIpc) is 3.15. The van der Waals surface area contributed by atoms with Gasteiger partial charge in [0.1, 0.15) is 11.5 Å². The fraction of sp³-hybridized carbons (Fsp3) is 0. The van der Waals surface area contributed by atoms with Gasteiger partial charge in [0.25, 0.3) is 5.69 Å². The molecule has 0 aliphatic heterocycles. The van der Waals surface area contributed by atoms with Crippen LogP contribution in [0.5, 0.6) is 0 Å². The van der Waals surface area contributed by atoms with E-state index in [1.165, 1.54) is 12.1 Å². The lowest BCUT2D eigenvalue weighted by Gasteiger charge is -1.97. The number of rotatable bonds is 4. The van der Waals surface area contributed by atoms with Gasteiger partial charge in [-0.1, -0.05) is 12.1 Å². The van der Waals surface area contributed by atoms with Crippen LogP contribution in [-0.4, -0.2) is 14.9 Å². The molecule has 6 heteroatoms. The molecule has 0 fully saturated rings. The Bertz CT molecular complexity index is 1110. The first-order valence-electron chi connectivity index (χ1n) is 7.93. The second kappa shape index (κ2) is 6.60. The van der Waals surface area contributed by atoms with Gasteiger partial charge in [0.2, 0.25) is 0 Å². The van der Waals surface area contributed by atoms with E-state index in [9.17, 15) is 10.1 Å². The van der Waals surface area contributed by atoms with Crippen molar-refractivity contribution in [2.75, 3.05) is 0 Å². The lowest BCUT2D eigenvalue weighted by atomic mass is 10.1. The molecular weight excluding hydrogens is 330 g/mol. The molecule has 0 atom stereocenters. The van der Waals surface area contributed by atoms with Gasteiger partial charge in [-0.2, -0.15) is 0 Å². The third-order valence-electron chi connectivity index (χ3n) is 3.87. The van der Waals surface area contributed by atoms with Crippen LogP contribution in [0.1, 0.15) is 11.5 Å². The topological polar surface area (TPSA) is 82.1 Å². The van der Waals surface area contributed by atoms with Gasteiger partial charge in [0.05, 0.1) is 27.8 Å². The first kappa shape index (κ1) is 15.7. The van der Waals surface area contributed by atoms with Gasteiger partial charge in [-0.3, -0.25) is 15.1 Å². The van der Waals surface area contributed by atoms with Crippen molar-refractivity contribution in [2.24, 2.45) is 0 Å². The van der Waals surface area contributed by atoms with Crippen molar-refractivity contribution in [3.05, 3.63) is 88.4 Å². The van der Waals surface area contributed by atoms with Crippen molar-refractivity contribution in [3.8, 4) is 11.3 Å². The molecule has 2 heterocycles. The number of nitrogens with zero attached hydrogens (tertiary/aromatic N) is 3. The summed E-state index contributed by atoms with van der Waals surface area (Å²) in [6.07, 6.45) is 5.35. The monoisotopic (exact) mass is 343 g/mol. The summed E-state index contributed by atoms with van der Waals surface area (Å²) in [5, 5.41) is 10.7. The van der Waals surface area contributed by atoms with E-state index >= 15 is 0 Å².